The summed E-state index contributed by atoms with van der Waals surface area (Å²) in [6.45, 7) is 4.23. The molecule has 0 aliphatic heterocycles. The number of sulfonamides is 1. The van der Waals surface area contributed by atoms with Gasteiger partial charge >= 0.3 is 0 Å². The first-order valence-corrected chi connectivity index (χ1v) is 17.9. The Bertz CT molecular complexity index is 2230. The lowest BCUT2D eigenvalue weighted by Crippen LogP contribution is -2.30. The standard InChI is InChI=1S/C34H35N5O8S2/c1-5-39(6-2)48(41,42)26-15-12-24(13-16-26)37-38-29-21-30(46-3)28(20-31(29)47-4)36-33-32(49(43,44)45)19-22-18-25(14-17-27(22)34(33)40)35-23-10-8-7-9-11-23/h7-21,35-36,40H,5-6H2,1-4H3,(H,43,44,45)/b38-37+. The lowest BCUT2D eigenvalue weighted by Gasteiger charge is -2.18. The number of nitrogens with zero attached hydrogens (tertiary/aromatic N) is 3. The number of ether oxygens (including phenoxy) is 2. The molecule has 0 saturated carbocycles. The lowest BCUT2D eigenvalue weighted by atomic mass is 10.1. The van der Waals surface area contributed by atoms with E-state index in [9.17, 15) is 26.5 Å². The summed E-state index contributed by atoms with van der Waals surface area (Å²) >= 11 is 0. The van der Waals surface area contributed by atoms with Gasteiger partial charge in [-0.2, -0.15) is 17.8 Å². The Labute approximate surface area is 284 Å². The van der Waals surface area contributed by atoms with Gasteiger partial charge in [-0.15, -0.1) is 5.11 Å². The third-order valence-corrected chi connectivity index (χ3v) is 10.6. The van der Waals surface area contributed by atoms with Crippen molar-refractivity contribution >= 4 is 65.0 Å². The lowest BCUT2D eigenvalue weighted by molar-refractivity contribution is 0.405. The van der Waals surface area contributed by atoms with Crippen LogP contribution in [0.4, 0.5) is 34.1 Å². The van der Waals surface area contributed by atoms with E-state index in [0.717, 1.165) is 5.69 Å². The van der Waals surface area contributed by atoms with Gasteiger partial charge in [0.15, 0.2) is 0 Å². The third-order valence-electron chi connectivity index (χ3n) is 7.63. The molecule has 0 radical (unpaired) electrons. The molecule has 0 bridgehead atoms. The number of phenolic OH excluding ortho intramolecular Hbond substituents is 1. The molecular weight excluding hydrogens is 671 g/mol. The summed E-state index contributed by atoms with van der Waals surface area (Å²) in [5.41, 5.74) is 1.96. The predicted octanol–water partition coefficient (Wildman–Crippen LogP) is 7.74. The minimum Gasteiger partial charge on any atom is -0.505 e. The number of benzene rings is 5. The van der Waals surface area contributed by atoms with Gasteiger partial charge in [-0.1, -0.05) is 32.0 Å². The van der Waals surface area contributed by atoms with Crippen LogP contribution in [0.1, 0.15) is 13.8 Å². The highest BCUT2D eigenvalue weighted by atomic mass is 32.2. The molecule has 0 aliphatic carbocycles. The van der Waals surface area contributed by atoms with Crippen LogP contribution in [0.25, 0.3) is 10.8 Å². The van der Waals surface area contributed by atoms with E-state index < -0.39 is 30.8 Å². The molecule has 0 amide bonds. The quantitative estimate of drug-likeness (QED) is 0.0538. The molecule has 256 valence electrons. The molecule has 0 heterocycles. The Morgan fingerprint density at radius 3 is 2.04 bits per heavy atom. The van der Waals surface area contributed by atoms with Crippen LogP contribution >= 0.6 is 0 Å². The highest BCUT2D eigenvalue weighted by Crippen LogP contribution is 2.45. The molecule has 0 spiro atoms. The largest absolute Gasteiger partial charge is 0.505 e. The van der Waals surface area contributed by atoms with Crippen LogP contribution in [0.2, 0.25) is 0 Å². The van der Waals surface area contributed by atoms with Crippen molar-refractivity contribution in [3.63, 3.8) is 0 Å². The van der Waals surface area contributed by atoms with Gasteiger partial charge < -0.3 is 25.2 Å². The van der Waals surface area contributed by atoms with Crippen LogP contribution in [0.15, 0.2) is 111 Å². The Balaban J connectivity index is 1.48. The van der Waals surface area contributed by atoms with Crippen LogP contribution in [-0.2, 0) is 20.1 Å². The minimum absolute atomic E-state index is 0.135. The van der Waals surface area contributed by atoms with Gasteiger partial charge in [0.05, 0.1) is 30.5 Å². The van der Waals surface area contributed by atoms with E-state index in [4.69, 9.17) is 9.47 Å². The maximum atomic E-state index is 12.8. The molecule has 15 heteroatoms. The number of anilines is 4. The van der Waals surface area contributed by atoms with Crippen LogP contribution in [0.5, 0.6) is 17.2 Å². The summed E-state index contributed by atoms with van der Waals surface area (Å²) in [6, 6.07) is 24.5. The molecule has 49 heavy (non-hydrogen) atoms. The van der Waals surface area contributed by atoms with Crippen LogP contribution in [-0.4, -0.2) is 58.1 Å². The van der Waals surface area contributed by atoms with Gasteiger partial charge in [0.1, 0.15) is 33.5 Å². The molecule has 0 unspecified atom stereocenters. The normalized spacial score (nSPS) is 12.0. The zero-order chi connectivity index (χ0) is 35.3. The number of hydrogen-bond donors (Lipinski definition) is 4. The average molecular weight is 706 g/mol. The topological polar surface area (TPSA) is 179 Å². The SMILES string of the molecule is CCN(CC)S(=O)(=O)c1ccc(/N=N/c2cc(OC)c(Nc3c(S(=O)(=O)O)cc4cc(Nc5ccccc5)ccc4c3O)cc2OC)cc1. The van der Waals surface area contributed by atoms with Gasteiger partial charge in [-0.3, -0.25) is 4.55 Å². The Kier molecular flexibility index (Phi) is 10.4. The molecule has 0 fully saturated rings. The van der Waals surface area contributed by atoms with E-state index in [1.54, 1.807) is 32.0 Å². The summed E-state index contributed by atoms with van der Waals surface area (Å²) in [4.78, 5) is -0.430. The molecule has 5 rings (SSSR count). The summed E-state index contributed by atoms with van der Waals surface area (Å²) < 4.78 is 73.4. The molecule has 5 aromatic carbocycles. The fourth-order valence-corrected chi connectivity index (χ4v) is 7.29. The van der Waals surface area contributed by atoms with E-state index in [2.05, 4.69) is 20.9 Å². The number of para-hydroxylation sites is 1. The summed E-state index contributed by atoms with van der Waals surface area (Å²) in [6.07, 6.45) is 0. The maximum absolute atomic E-state index is 12.8. The van der Waals surface area contributed by atoms with E-state index in [1.807, 2.05) is 30.3 Å². The average Bonchev–Trinajstić information content (AvgIpc) is 3.09. The first-order chi connectivity index (χ1) is 23.4. The minimum atomic E-state index is -4.83. The van der Waals surface area contributed by atoms with Crippen molar-refractivity contribution in [3.8, 4) is 17.2 Å². The van der Waals surface area contributed by atoms with E-state index in [-0.39, 0.29) is 33.5 Å². The molecule has 5 aromatic rings. The van der Waals surface area contributed by atoms with Crippen molar-refractivity contribution in [1.29, 1.82) is 0 Å². The number of aromatic hydroxyl groups is 1. The molecule has 0 saturated heterocycles. The maximum Gasteiger partial charge on any atom is 0.296 e. The first kappa shape index (κ1) is 35.1. The predicted molar refractivity (Wildman–Crippen MR) is 189 cm³/mol. The zero-order valence-electron chi connectivity index (χ0n) is 27.1. The van der Waals surface area contributed by atoms with Crippen molar-refractivity contribution in [2.75, 3.05) is 37.9 Å². The number of hydrogen-bond acceptors (Lipinski definition) is 11. The molecule has 0 aliphatic rings. The van der Waals surface area contributed by atoms with Crippen LogP contribution in [0.3, 0.4) is 0 Å². The molecule has 0 atom stereocenters. The first-order valence-electron chi connectivity index (χ1n) is 15.0. The van der Waals surface area contributed by atoms with Gasteiger partial charge in [0.2, 0.25) is 10.0 Å². The fourth-order valence-electron chi connectivity index (χ4n) is 5.15. The second-order valence-electron chi connectivity index (χ2n) is 10.6. The van der Waals surface area contributed by atoms with Crippen molar-refractivity contribution in [3.05, 3.63) is 91.0 Å². The second kappa shape index (κ2) is 14.5. The van der Waals surface area contributed by atoms with E-state index in [1.165, 1.54) is 61.0 Å². The van der Waals surface area contributed by atoms with E-state index in [0.29, 0.717) is 35.2 Å². The van der Waals surface area contributed by atoms with Crippen molar-refractivity contribution < 1.29 is 36.0 Å². The van der Waals surface area contributed by atoms with Gasteiger partial charge in [-0.05, 0) is 66.0 Å². The summed E-state index contributed by atoms with van der Waals surface area (Å²) in [7, 11) is -5.68. The highest BCUT2D eigenvalue weighted by molar-refractivity contribution is 7.89. The van der Waals surface area contributed by atoms with Crippen molar-refractivity contribution in [1.82, 2.24) is 4.31 Å². The summed E-state index contributed by atoms with van der Waals surface area (Å²) in [5.74, 6) is -0.0377. The third kappa shape index (κ3) is 7.60. The Morgan fingerprint density at radius 1 is 0.755 bits per heavy atom. The summed E-state index contributed by atoms with van der Waals surface area (Å²) in [5, 5.41) is 26.6. The number of methoxy groups -OCH3 is 2. The zero-order valence-corrected chi connectivity index (χ0v) is 28.7. The molecular formula is C34H35N5O8S2. The van der Waals surface area contributed by atoms with Crippen molar-refractivity contribution in [2.24, 2.45) is 10.2 Å². The van der Waals surface area contributed by atoms with Crippen LogP contribution in [0, 0.1) is 0 Å². The molecule has 4 N–H and O–H groups in total. The Hall–Kier alpha value is -5.22. The number of phenols is 1. The number of nitrogens with one attached hydrogen (secondary N) is 2. The number of azo groups is 1. The molecule has 13 nitrogen and oxygen atoms in total. The monoisotopic (exact) mass is 705 g/mol. The Morgan fingerprint density at radius 2 is 1.43 bits per heavy atom. The second-order valence-corrected chi connectivity index (χ2v) is 14.0. The fraction of sp³-hybridized carbons (Fsp3) is 0.176. The molecule has 0 aromatic heterocycles. The van der Waals surface area contributed by atoms with Crippen LogP contribution < -0.4 is 20.1 Å². The number of fused-ring (bicyclic) bond motifs is 1. The number of rotatable bonds is 13. The van der Waals surface area contributed by atoms with Gasteiger partial charge in [-0.25, -0.2) is 8.42 Å². The van der Waals surface area contributed by atoms with Crippen molar-refractivity contribution in [2.45, 2.75) is 23.6 Å². The van der Waals surface area contributed by atoms with Gasteiger partial charge in [0, 0.05) is 42.0 Å². The van der Waals surface area contributed by atoms with Gasteiger partial charge in [0.25, 0.3) is 10.1 Å². The smallest absolute Gasteiger partial charge is 0.296 e. The highest BCUT2D eigenvalue weighted by Gasteiger charge is 2.24. The van der Waals surface area contributed by atoms with E-state index >= 15 is 0 Å².